The fourth-order valence-corrected chi connectivity index (χ4v) is 1.90. The first kappa shape index (κ1) is 15.7. The minimum absolute atomic E-state index is 0.825. The van der Waals surface area contributed by atoms with E-state index in [9.17, 15) is 0 Å². The van der Waals surface area contributed by atoms with E-state index < -0.39 is 0 Å². The minimum atomic E-state index is 0.825. The van der Waals surface area contributed by atoms with Crippen LogP contribution in [0.25, 0.3) is 0 Å². The van der Waals surface area contributed by atoms with E-state index in [0.29, 0.717) is 0 Å². The number of hydrogen-bond donors (Lipinski definition) is 1. The lowest BCUT2D eigenvalue weighted by molar-refractivity contribution is 0.737. The topological polar surface area (TPSA) is 41.1 Å². The molecule has 0 amide bonds. The van der Waals surface area contributed by atoms with Gasteiger partial charge in [0.05, 0.1) is 0 Å². The Morgan fingerprint density at radius 3 is 2.53 bits per heavy atom. The highest BCUT2D eigenvalue weighted by Crippen LogP contribution is 2.13. The van der Waals surface area contributed by atoms with Gasteiger partial charge in [-0.3, -0.25) is 0 Å². The normalized spacial score (nSPS) is 10.5. The van der Waals surface area contributed by atoms with Crippen LogP contribution in [0.4, 0.5) is 11.8 Å². The standard InChI is InChI=1S/C15H28N4/c1-5-7-9-10-16-14-12-13(3)17-15(18-14)19(4)11-8-6-2/h12H,5-11H2,1-4H3,(H,16,17,18). The van der Waals surface area contributed by atoms with Crippen LogP contribution in [0.5, 0.6) is 0 Å². The van der Waals surface area contributed by atoms with Crippen LogP contribution in [0.2, 0.25) is 0 Å². The van der Waals surface area contributed by atoms with Gasteiger partial charge in [-0.2, -0.15) is 4.98 Å². The lowest BCUT2D eigenvalue weighted by Gasteiger charge is -2.18. The Bertz CT molecular complexity index is 365. The molecule has 0 aliphatic heterocycles. The number of anilines is 2. The maximum absolute atomic E-state index is 4.59. The van der Waals surface area contributed by atoms with Crippen LogP contribution in [-0.2, 0) is 0 Å². The molecule has 0 unspecified atom stereocenters. The molecule has 4 nitrogen and oxygen atoms in total. The molecule has 1 heterocycles. The zero-order valence-electron chi connectivity index (χ0n) is 12.9. The van der Waals surface area contributed by atoms with Gasteiger partial charge in [-0.1, -0.05) is 33.1 Å². The van der Waals surface area contributed by atoms with Crippen molar-refractivity contribution in [3.05, 3.63) is 11.8 Å². The van der Waals surface area contributed by atoms with Crippen molar-refractivity contribution in [2.45, 2.75) is 52.9 Å². The van der Waals surface area contributed by atoms with Crippen molar-refractivity contribution in [2.24, 2.45) is 0 Å². The smallest absolute Gasteiger partial charge is 0.227 e. The van der Waals surface area contributed by atoms with E-state index in [0.717, 1.165) is 30.5 Å². The van der Waals surface area contributed by atoms with E-state index in [2.05, 4.69) is 41.1 Å². The second kappa shape index (κ2) is 8.73. The van der Waals surface area contributed by atoms with Gasteiger partial charge < -0.3 is 10.2 Å². The average molecular weight is 264 g/mol. The number of aryl methyl sites for hydroxylation is 1. The van der Waals surface area contributed by atoms with Gasteiger partial charge in [-0.15, -0.1) is 0 Å². The third-order valence-electron chi connectivity index (χ3n) is 3.12. The minimum Gasteiger partial charge on any atom is -0.370 e. The first-order chi connectivity index (χ1) is 9.17. The van der Waals surface area contributed by atoms with Crippen molar-refractivity contribution in [3.8, 4) is 0 Å². The van der Waals surface area contributed by atoms with Gasteiger partial charge in [0.1, 0.15) is 5.82 Å². The van der Waals surface area contributed by atoms with Crippen molar-refractivity contribution in [1.29, 1.82) is 0 Å². The summed E-state index contributed by atoms with van der Waals surface area (Å²) < 4.78 is 0. The van der Waals surface area contributed by atoms with Gasteiger partial charge in [0.2, 0.25) is 5.95 Å². The number of rotatable bonds is 9. The highest BCUT2D eigenvalue weighted by Gasteiger charge is 2.06. The maximum atomic E-state index is 4.59. The molecule has 1 rings (SSSR count). The molecule has 0 saturated heterocycles. The van der Waals surface area contributed by atoms with Crippen molar-refractivity contribution in [2.75, 3.05) is 30.4 Å². The van der Waals surface area contributed by atoms with Gasteiger partial charge in [0.15, 0.2) is 0 Å². The predicted octanol–water partition coefficient (Wildman–Crippen LogP) is 3.62. The van der Waals surface area contributed by atoms with Gasteiger partial charge >= 0.3 is 0 Å². The molecule has 0 saturated carbocycles. The summed E-state index contributed by atoms with van der Waals surface area (Å²) >= 11 is 0. The second-order valence-corrected chi connectivity index (χ2v) is 5.10. The Kier molecular flexibility index (Phi) is 7.23. The number of aromatic nitrogens is 2. The Labute approximate surface area is 117 Å². The zero-order chi connectivity index (χ0) is 14.1. The largest absolute Gasteiger partial charge is 0.370 e. The van der Waals surface area contributed by atoms with Crippen LogP contribution in [0.15, 0.2) is 6.07 Å². The molecule has 0 atom stereocenters. The van der Waals surface area contributed by atoms with Crippen LogP contribution in [0, 0.1) is 6.92 Å². The Morgan fingerprint density at radius 1 is 1.11 bits per heavy atom. The van der Waals surface area contributed by atoms with Crippen molar-refractivity contribution < 1.29 is 0 Å². The van der Waals surface area contributed by atoms with Crippen molar-refractivity contribution in [3.63, 3.8) is 0 Å². The summed E-state index contributed by atoms with van der Waals surface area (Å²) in [5.74, 6) is 1.77. The fraction of sp³-hybridized carbons (Fsp3) is 0.733. The molecule has 0 aromatic carbocycles. The quantitative estimate of drug-likeness (QED) is 0.692. The molecule has 19 heavy (non-hydrogen) atoms. The van der Waals surface area contributed by atoms with E-state index in [1.54, 1.807) is 0 Å². The molecular formula is C15H28N4. The third kappa shape index (κ3) is 5.90. The fourth-order valence-electron chi connectivity index (χ4n) is 1.90. The van der Waals surface area contributed by atoms with E-state index in [1.807, 2.05) is 13.0 Å². The highest BCUT2D eigenvalue weighted by atomic mass is 15.2. The van der Waals surface area contributed by atoms with Crippen LogP contribution in [-0.4, -0.2) is 30.1 Å². The number of nitrogens with zero attached hydrogens (tertiary/aromatic N) is 3. The number of nitrogens with one attached hydrogen (secondary N) is 1. The average Bonchev–Trinajstić information content (AvgIpc) is 2.40. The highest BCUT2D eigenvalue weighted by molar-refractivity contribution is 5.43. The summed E-state index contributed by atoms with van der Waals surface area (Å²) in [6.07, 6.45) is 6.07. The first-order valence-electron chi connectivity index (χ1n) is 7.48. The molecule has 0 aliphatic rings. The molecule has 108 valence electrons. The summed E-state index contributed by atoms with van der Waals surface area (Å²) in [5.41, 5.74) is 1.02. The lowest BCUT2D eigenvalue weighted by Crippen LogP contribution is -2.21. The second-order valence-electron chi connectivity index (χ2n) is 5.10. The first-order valence-corrected chi connectivity index (χ1v) is 7.48. The Balaban J connectivity index is 2.60. The molecule has 4 heteroatoms. The van der Waals surface area contributed by atoms with Crippen LogP contribution in [0.1, 0.15) is 51.6 Å². The molecule has 1 aromatic rings. The van der Waals surface area contributed by atoms with Gasteiger partial charge in [0.25, 0.3) is 0 Å². The SMILES string of the molecule is CCCCCNc1cc(C)nc(N(C)CCCC)n1. The number of unbranched alkanes of at least 4 members (excludes halogenated alkanes) is 3. The Morgan fingerprint density at radius 2 is 1.84 bits per heavy atom. The Hall–Kier alpha value is -1.32. The molecular weight excluding hydrogens is 236 g/mol. The monoisotopic (exact) mass is 264 g/mol. The van der Waals surface area contributed by atoms with Crippen LogP contribution < -0.4 is 10.2 Å². The van der Waals surface area contributed by atoms with E-state index in [-0.39, 0.29) is 0 Å². The summed E-state index contributed by atoms with van der Waals surface area (Å²) in [6, 6.07) is 2.02. The van der Waals surface area contributed by atoms with E-state index in [4.69, 9.17) is 0 Å². The predicted molar refractivity (Wildman–Crippen MR) is 83.0 cm³/mol. The van der Waals surface area contributed by atoms with Gasteiger partial charge in [-0.25, -0.2) is 4.98 Å². The molecule has 0 radical (unpaired) electrons. The van der Waals surface area contributed by atoms with E-state index in [1.165, 1.54) is 32.1 Å². The molecule has 1 N–H and O–H groups in total. The van der Waals surface area contributed by atoms with Crippen LogP contribution in [0.3, 0.4) is 0 Å². The van der Waals surface area contributed by atoms with E-state index >= 15 is 0 Å². The summed E-state index contributed by atoms with van der Waals surface area (Å²) in [5, 5.41) is 3.39. The van der Waals surface area contributed by atoms with Gasteiger partial charge in [-0.05, 0) is 19.8 Å². The van der Waals surface area contributed by atoms with Crippen molar-refractivity contribution in [1.82, 2.24) is 9.97 Å². The zero-order valence-corrected chi connectivity index (χ0v) is 12.9. The third-order valence-corrected chi connectivity index (χ3v) is 3.12. The molecule has 0 fully saturated rings. The maximum Gasteiger partial charge on any atom is 0.227 e. The van der Waals surface area contributed by atoms with Crippen LogP contribution >= 0.6 is 0 Å². The lowest BCUT2D eigenvalue weighted by atomic mass is 10.2. The summed E-state index contributed by atoms with van der Waals surface area (Å²) in [7, 11) is 2.06. The summed E-state index contributed by atoms with van der Waals surface area (Å²) in [4.78, 5) is 11.2. The number of hydrogen-bond acceptors (Lipinski definition) is 4. The van der Waals surface area contributed by atoms with Crippen molar-refractivity contribution >= 4 is 11.8 Å². The van der Waals surface area contributed by atoms with Gasteiger partial charge in [0, 0.05) is 31.9 Å². The molecule has 0 aliphatic carbocycles. The molecule has 1 aromatic heterocycles. The summed E-state index contributed by atoms with van der Waals surface area (Å²) in [6.45, 7) is 8.44. The molecule has 0 bridgehead atoms. The molecule has 0 spiro atoms.